The van der Waals surface area contributed by atoms with Gasteiger partial charge in [0.15, 0.2) is 5.78 Å². The van der Waals surface area contributed by atoms with E-state index in [1.165, 1.54) is 6.92 Å². The Morgan fingerprint density at radius 3 is 2.58 bits per heavy atom. The number of ketones is 1. The molecule has 1 aromatic heterocycles. The second kappa shape index (κ2) is 5.02. The highest BCUT2D eigenvalue weighted by molar-refractivity contribution is 6.00. The Balaban J connectivity index is 2.62. The van der Waals surface area contributed by atoms with Gasteiger partial charge in [0.25, 0.3) is 0 Å². The highest BCUT2D eigenvalue weighted by atomic mass is 16.2. The van der Waals surface area contributed by atoms with Crippen LogP contribution in [0.25, 0.3) is 0 Å². The lowest BCUT2D eigenvalue weighted by atomic mass is 9.76. The molecule has 1 aromatic rings. The highest BCUT2D eigenvalue weighted by Crippen LogP contribution is 2.36. The summed E-state index contributed by atoms with van der Waals surface area (Å²) in [6.45, 7) is 3.12. The zero-order valence-electron chi connectivity index (χ0n) is 10.7. The molecule has 0 radical (unpaired) electrons. The molecular weight excluding hydrogens is 242 g/mol. The third-order valence-corrected chi connectivity index (χ3v) is 3.23. The van der Waals surface area contributed by atoms with Crippen molar-refractivity contribution in [1.29, 1.82) is 5.26 Å². The number of rotatable bonds is 2. The quantitative estimate of drug-likeness (QED) is 0.863. The van der Waals surface area contributed by atoms with E-state index >= 15 is 0 Å². The molecule has 19 heavy (non-hydrogen) atoms. The van der Waals surface area contributed by atoms with Gasteiger partial charge in [-0.15, -0.1) is 0 Å². The number of carbonyl (C=O) groups excluding carboxylic acids is 2. The van der Waals surface area contributed by atoms with Crippen molar-refractivity contribution in [2.24, 2.45) is 5.92 Å². The first-order chi connectivity index (χ1) is 9.06. The normalized spacial score (nSPS) is 22.7. The molecule has 1 N–H and O–H groups in total. The van der Waals surface area contributed by atoms with E-state index in [2.05, 4.69) is 10.3 Å². The van der Waals surface area contributed by atoms with Crippen LogP contribution in [0.15, 0.2) is 35.8 Å². The summed E-state index contributed by atoms with van der Waals surface area (Å²) in [6, 6.07) is 5.44. The molecule has 1 amide bonds. The lowest BCUT2D eigenvalue weighted by Gasteiger charge is -2.29. The molecule has 5 heteroatoms. The van der Waals surface area contributed by atoms with E-state index in [0.717, 1.165) is 5.56 Å². The number of allylic oxidation sites excluding steroid dienone is 2. The van der Waals surface area contributed by atoms with Gasteiger partial charge in [0, 0.05) is 29.6 Å². The molecule has 2 heterocycles. The van der Waals surface area contributed by atoms with Crippen molar-refractivity contribution in [1.82, 2.24) is 10.3 Å². The molecule has 96 valence electrons. The lowest BCUT2D eigenvalue weighted by Crippen LogP contribution is -2.40. The number of nitrogens with zero attached hydrogens (tertiary/aromatic N) is 2. The maximum absolute atomic E-state index is 11.9. The molecule has 1 aliphatic heterocycles. The standard InChI is InChI=1S/C14H13N3O2/c1-8-12(9(2)18)13(10-3-5-16-6-4-10)11(7-15)14(19)17-8/h3-6,11,13H,1-2H3,(H,17,19)/t11-,13+/m0/s1. The van der Waals surface area contributed by atoms with Gasteiger partial charge in [-0.05, 0) is 31.5 Å². The zero-order valence-corrected chi connectivity index (χ0v) is 10.7. The van der Waals surface area contributed by atoms with E-state index in [1.807, 2.05) is 6.07 Å². The maximum Gasteiger partial charge on any atom is 0.242 e. The largest absolute Gasteiger partial charge is 0.328 e. The average molecular weight is 255 g/mol. The van der Waals surface area contributed by atoms with Crippen LogP contribution in [-0.2, 0) is 9.59 Å². The Bertz CT molecular complexity index is 599. The summed E-state index contributed by atoms with van der Waals surface area (Å²) in [5.74, 6) is -1.93. The average Bonchev–Trinajstić information content (AvgIpc) is 2.38. The first-order valence-electron chi connectivity index (χ1n) is 5.88. The molecule has 2 rings (SSSR count). The minimum absolute atomic E-state index is 0.139. The van der Waals surface area contributed by atoms with Gasteiger partial charge >= 0.3 is 0 Å². The first-order valence-corrected chi connectivity index (χ1v) is 5.88. The number of aromatic nitrogens is 1. The van der Waals surface area contributed by atoms with Gasteiger partial charge in [-0.3, -0.25) is 14.6 Å². The Labute approximate surface area is 111 Å². The third-order valence-electron chi connectivity index (χ3n) is 3.23. The summed E-state index contributed by atoms with van der Waals surface area (Å²) in [5, 5.41) is 11.8. The molecule has 0 fully saturated rings. The van der Waals surface area contributed by atoms with Crippen molar-refractivity contribution < 1.29 is 9.59 Å². The molecule has 0 spiro atoms. The highest BCUT2D eigenvalue weighted by Gasteiger charge is 2.39. The second-order valence-electron chi connectivity index (χ2n) is 4.45. The van der Waals surface area contributed by atoms with E-state index in [9.17, 15) is 14.9 Å². The number of amides is 1. The van der Waals surface area contributed by atoms with Gasteiger partial charge in [-0.2, -0.15) is 5.26 Å². The van der Waals surface area contributed by atoms with Crippen molar-refractivity contribution in [3.8, 4) is 6.07 Å². The number of pyridine rings is 1. The molecule has 0 aromatic carbocycles. The van der Waals surface area contributed by atoms with Crippen molar-refractivity contribution in [2.45, 2.75) is 19.8 Å². The lowest BCUT2D eigenvalue weighted by molar-refractivity contribution is -0.123. The Kier molecular flexibility index (Phi) is 3.43. The topological polar surface area (TPSA) is 82.9 Å². The second-order valence-corrected chi connectivity index (χ2v) is 4.45. The SMILES string of the molecule is CC(=O)C1=C(C)NC(=O)[C@@H](C#N)[C@H]1c1ccncc1. The summed E-state index contributed by atoms with van der Waals surface area (Å²) in [7, 11) is 0. The van der Waals surface area contributed by atoms with Gasteiger partial charge in [-0.1, -0.05) is 0 Å². The van der Waals surface area contributed by atoms with Crippen molar-refractivity contribution in [2.75, 3.05) is 0 Å². The van der Waals surface area contributed by atoms with Crippen LogP contribution in [0.3, 0.4) is 0 Å². The predicted molar refractivity (Wildman–Crippen MR) is 67.6 cm³/mol. The molecule has 1 aliphatic rings. The number of carbonyl (C=O) groups is 2. The Hall–Kier alpha value is -2.48. The predicted octanol–water partition coefficient (Wildman–Crippen LogP) is 1.30. The Morgan fingerprint density at radius 2 is 2.05 bits per heavy atom. The number of hydrogen-bond donors (Lipinski definition) is 1. The van der Waals surface area contributed by atoms with E-state index < -0.39 is 11.8 Å². The minimum Gasteiger partial charge on any atom is -0.328 e. The fourth-order valence-corrected chi connectivity index (χ4v) is 2.43. The van der Waals surface area contributed by atoms with Gasteiger partial charge in [0.05, 0.1) is 6.07 Å². The van der Waals surface area contributed by atoms with E-state index in [4.69, 9.17) is 0 Å². The number of nitriles is 1. The number of Topliss-reactive ketones (excluding diaryl/α,β-unsaturated/α-hetero) is 1. The van der Waals surface area contributed by atoms with Gasteiger partial charge in [0.1, 0.15) is 5.92 Å². The van der Waals surface area contributed by atoms with Crippen LogP contribution in [0.4, 0.5) is 0 Å². The van der Waals surface area contributed by atoms with Crippen LogP contribution in [0.2, 0.25) is 0 Å². The molecule has 0 aliphatic carbocycles. The minimum atomic E-state index is -0.898. The van der Waals surface area contributed by atoms with Gasteiger partial charge in [0.2, 0.25) is 5.91 Å². The third kappa shape index (κ3) is 2.25. The van der Waals surface area contributed by atoms with Crippen LogP contribution in [0.5, 0.6) is 0 Å². The maximum atomic E-state index is 11.9. The fraction of sp³-hybridized carbons (Fsp3) is 0.286. The van der Waals surface area contributed by atoms with E-state index in [-0.39, 0.29) is 11.7 Å². The zero-order chi connectivity index (χ0) is 14.0. The molecule has 0 bridgehead atoms. The smallest absolute Gasteiger partial charge is 0.242 e. The van der Waals surface area contributed by atoms with Crippen LogP contribution < -0.4 is 5.32 Å². The summed E-state index contributed by atoms with van der Waals surface area (Å²) in [6.07, 6.45) is 3.17. The number of nitrogens with one attached hydrogen (secondary N) is 1. The van der Waals surface area contributed by atoms with Gasteiger partial charge < -0.3 is 5.32 Å². The van der Waals surface area contributed by atoms with Crippen LogP contribution in [0, 0.1) is 17.2 Å². The molecule has 0 saturated heterocycles. The van der Waals surface area contributed by atoms with Crippen molar-refractivity contribution in [3.63, 3.8) is 0 Å². The van der Waals surface area contributed by atoms with E-state index in [0.29, 0.717) is 11.3 Å². The summed E-state index contributed by atoms with van der Waals surface area (Å²) in [4.78, 5) is 27.6. The molecular formula is C14H13N3O2. The summed E-state index contributed by atoms with van der Waals surface area (Å²) >= 11 is 0. The van der Waals surface area contributed by atoms with Crippen LogP contribution >= 0.6 is 0 Å². The monoisotopic (exact) mass is 255 g/mol. The van der Waals surface area contributed by atoms with Crippen molar-refractivity contribution >= 4 is 11.7 Å². The van der Waals surface area contributed by atoms with Crippen molar-refractivity contribution in [3.05, 3.63) is 41.4 Å². The van der Waals surface area contributed by atoms with E-state index in [1.54, 1.807) is 31.5 Å². The molecule has 2 atom stereocenters. The number of hydrogen-bond acceptors (Lipinski definition) is 4. The Morgan fingerprint density at radius 1 is 1.42 bits per heavy atom. The molecule has 0 unspecified atom stereocenters. The van der Waals surface area contributed by atoms with Crippen LogP contribution in [0.1, 0.15) is 25.3 Å². The first kappa shape index (κ1) is 13.0. The molecule has 5 nitrogen and oxygen atoms in total. The summed E-state index contributed by atoms with van der Waals surface area (Å²) in [5.41, 5.74) is 1.75. The fourth-order valence-electron chi connectivity index (χ4n) is 2.43. The van der Waals surface area contributed by atoms with Crippen LogP contribution in [-0.4, -0.2) is 16.7 Å². The molecule has 0 saturated carbocycles. The summed E-state index contributed by atoms with van der Waals surface area (Å²) < 4.78 is 0. The van der Waals surface area contributed by atoms with Gasteiger partial charge in [-0.25, -0.2) is 0 Å².